The Morgan fingerprint density at radius 2 is 1.50 bits per heavy atom. The van der Waals surface area contributed by atoms with E-state index in [9.17, 15) is 14.4 Å². The van der Waals surface area contributed by atoms with Gasteiger partial charge >= 0.3 is 18.2 Å². The fourth-order valence-electron chi connectivity index (χ4n) is 2.56. The summed E-state index contributed by atoms with van der Waals surface area (Å²) >= 11 is 0. The second kappa shape index (κ2) is 12.3. The molecule has 0 fully saturated rings. The Kier molecular flexibility index (Phi) is 10.5. The molecule has 8 heteroatoms. The maximum Gasteiger partial charge on any atom is 0.514 e. The number of carbonyl (C=O) groups excluding carboxylic acids is 3. The molecule has 180 valence electrons. The average molecular weight is 452 g/mol. The van der Waals surface area contributed by atoms with Gasteiger partial charge in [0.25, 0.3) is 0 Å². The van der Waals surface area contributed by atoms with E-state index in [1.807, 2.05) is 0 Å². The van der Waals surface area contributed by atoms with Crippen molar-refractivity contribution in [2.45, 2.75) is 91.4 Å². The molecule has 0 radical (unpaired) electrons. The average Bonchev–Trinajstić information content (AvgIpc) is 2.63. The number of amides is 1. The van der Waals surface area contributed by atoms with Gasteiger partial charge < -0.3 is 24.3 Å². The summed E-state index contributed by atoms with van der Waals surface area (Å²) in [7, 11) is 0. The molecule has 1 rings (SSSR count). The van der Waals surface area contributed by atoms with Crippen molar-refractivity contribution >= 4 is 18.2 Å². The van der Waals surface area contributed by atoms with Crippen LogP contribution in [-0.4, -0.2) is 42.1 Å². The van der Waals surface area contributed by atoms with E-state index in [0.717, 1.165) is 24.8 Å². The normalized spacial score (nSPS) is 12.5. The monoisotopic (exact) mass is 451 g/mol. The molecular formula is C24H37NO7. The highest BCUT2D eigenvalue weighted by molar-refractivity contribution is 5.81. The number of hydrogen-bond acceptors (Lipinski definition) is 7. The third kappa shape index (κ3) is 12.2. The smallest absolute Gasteiger partial charge is 0.464 e. The van der Waals surface area contributed by atoms with E-state index in [0.29, 0.717) is 12.4 Å². The van der Waals surface area contributed by atoms with Crippen LogP contribution in [0.1, 0.15) is 73.3 Å². The second-order valence-corrected chi connectivity index (χ2v) is 9.49. The van der Waals surface area contributed by atoms with E-state index in [4.69, 9.17) is 18.9 Å². The number of benzene rings is 1. The molecule has 0 unspecified atom stereocenters. The molecule has 0 heterocycles. The number of carbonyl (C=O) groups is 3. The topological polar surface area (TPSA) is 100 Å². The molecule has 0 spiro atoms. The first-order valence-corrected chi connectivity index (χ1v) is 10.9. The number of ether oxygens (including phenoxy) is 4. The van der Waals surface area contributed by atoms with Crippen molar-refractivity contribution in [3.05, 3.63) is 29.8 Å². The van der Waals surface area contributed by atoms with Crippen LogP contribution in [0.15, 0.2) is 24.3 Å². The summed E-state index contributed by atoms with van der Waals surface area (Å²) < 4.78 is 20.9. The van der Waals surface area contributed by atoms with Crippen LogP contribution >= 0.6 is 0 Å². The molecule has 1 amide bonds. The molecule has 1 N–H and O–H groups in total. The van der Waals surface area contributed by atoms with Crippen molar-refractivity contribution in [3.8, 4) is 5.75 Å². The third-order valence-corrected chi connectivity index (χ3v) is 3.92. The maximum absolute atomic E-state index is 12.6. The molecule has 0 bridgehead atoms. The van der Waals surface area contributed by atoms with Gasteiger partial charge in [-0.2, -0.15) is 0 Å². The fourth-order valence-corrected chi connectivity index (χ4v) is 2.56. The van der Waals surface area contributed by atoms with Crippen LogP contribution in [0.4, 0.5) is 9.59 Å². The minimum absolute atomic E-state index is 0.193. The predicted octanol–water partition coefficient (Wildman–Crippen LogP) is 5.17. The van der Waals surface area contributed by atoms with Gasteiger partial charge in [0, 0.05) is 6.42 Å². The molecule has 0 saturated heterocycles. The molecule has 0 aliphatic heterocycles. The molecule has 32 heavy (non-hydrogen) atoms. The first kappa shape index (κ1) is 27.3. The van der Waals surface area contributed by atoms with Crippen LogP contribution in [0.2, 0.25) is 0 Å². The van der Waals surface area contributed by atoms with Crippen molar-refractivity contribution in [3.63, 3.8) is 0 Å². The zero-order valence-electron chi connectivity index (χ0n) is 20.3. The lowest BCUT2D eigenvalue weighted by Crippen LogP contribution is -2.45. The van der Waals surface area contributed by atoms with Gasteiger partial charge in [-0.1, -0.05) is 31.9 Å². The maximum atomic E-state index is 12.6. The quantitative estimate of drug-likeness (QED) is 0.239. The summed E-state index contributed by atoms with van der Waals surface area (Å²) in [5, 5.41) is 2.59. The van der Waals surface area contributed by atoms with Crippen molar-refractivity contribution in [2.24, 2.45) is 0 Å². The van der Waals surface area contributed by atoms with E-state index >= 15 is 0 Å². The summed E-state index contributed by atoms with van der Waals surface area (Å²) in [6.07, 6.45) is 1.42. The molecule has 0 saturated carbocycles. The Morgan fingerprint density at radius 1 is 0.906 bits per heavy atom. The lowest BCUT2D eigenvalue weighted by atomic mass is 10.1. The van der Waals surface area contributed by atoms with Gasteiger partial charge in [0.15, 0.2) is 0 Å². The Bertz CT molecular complexity index is 745. The van der Waals surface area contributed by atoms with Gasteiger partial charge in [-0.3, -0.25) is 0 Å². The van der Waals surface area contributed by atoms with Crippen molar-refractivity contribution < 1.29 is 33.3 Å². The number of esters is 1. The van der Waals surface area contributed by atoms with Crippen LogP contribution < -0.4 is 10.1 Å². The molecule has 1 aromatic carbocycles. The van der Waals surface area contributed by atoms with Crippen molar-refractivity contribution in [1.82, 2.24) is 5.32 Å². The summed E-state index contributed by atoms with van der Waals surface area (Å²) in [6.45, 7) is 12.8. The summed E-state index contributed by atoms with van der Waals surface area (Å²) in [4.78, 5) is 36.6. The summed E-state index contributed by atoms with van der Waals surface area (Å²) in [5.74, 6) is -0.220. The van der Waals surface area contributed by atoms with Gasteiger partial charge in [0.1, 0.15) is 23.0 Å². The predicted molar refractivity (Wildman–Crippen MR) is 121 cm³/mol. The summed E-state index contributed by atoms with van der Waals surface area (Å²) in [6, 6.07) is 5.68. The molecule has 1 aromatic rings. The van der Waals surface area contributed by atoms with E-state index in [1.165, 1.54) is 0 Å². The van der Waals surface area contributed by atoms with E-state index < -0.39 is 35.5 Å². The largest absolute Gasteiger partial charge is 0.514 e. The van der Waals surface area contributed by atoms with E-state index in [-0.39, 0.29) is 6.42 Å². The van der Waals surface area contributed by atoms with Crippen LogP contribution in [0.3, 0.4) is 0 Å². The lowest BCUT2D eigenvalue weighted by Gasteiger charge is -2.23. The number of nitrogens with one attached hydrogen (secondary N) is 1. The van der Waals surface area contributed by atoms with Crippen LogP contribution in [0, 0.1) is 0 Å². The number of alkyl carbamates (subject to hydrolysis) is 1. The second-order valence-electron chi connectivity index (χ2n) is 9.49. The van der Waals surface area contributed by atoms with Crippen LogP contribution in [0.5, 0.6) is 5.75 Å². The lowest BCUT2D eigenvalue weighted by molar-refractivity contribution is -0.146. The Balaban J connectivity index is 2.80. The van der Waals surface area contributed by atoms with E-state index in [2.05, 4.69) is 12.2 Å². The number of rotatable bonds is 9. The number of hydrogen-bond donors (Lipinski definition) is 1. The van der Waals surface area contributed by atoms with E-state index in [1.54, 1.807) is 65.8 Å². The molecule has 0 aliphatic carbocycles. The van der Waals surface area contributed by atoms with Crippen molar-refractivity contribution in [2.75, 3.05) is 6.61 Å². The summed E-state index contributed by atoms with van der Waals surface area (Å²) in [5.41, 5.74) is -0.608. The SMILES string of the molecule is CCCCCOC(=O)[C@@H](Cc1ccc(OC(=O)OC(C)(C)C)cc1)NC(=O)OC(C)(C)C. The van der Waals surface area contributed by atoms with Gasteiger partial charge in [0.05, 0.1) is 6.61 Å². The minimum atomic E-state index is -0.913. The highest BCUT2D eigenvalue weighted by Gasteiger charge is 2.26. The molecule has 0 aliphatic rings. The molecule has 0 aromatic heterocycles. The molecule has 1 atom stereocenters. The highest BCUT2D eigenvalue weighted by Crippen LogP contribution is 2.17. The first-order chi connectivity index (χ1) is 14.8. The zero-order valence-corrected chi connectivity index (χ0v) is 20.3. The number of unbranched alkanes of at least 4 members (excludes halogenated alkanes) is 2. The molecular weight excluding hydrogens is 414 g/mol. The van der Waals surface area contributed by atoms with Crippen LogP contribution in [0.25, 0.3) is 0 Å². The Hall–Kier alpha value is -2.77. The zero-order chi connectivity index (χ0) is 24.4. The molecule has 8 nitrogen and oxygen atoms in total. The highest BCUT2D eigenvalue weighted by atomic mass is 16.7. The first-order valence-electron chi connectivity index (χ1n) is 10.9. The third-order valence-electron chi connectivity index (χ3n) is 3.92. The van der Waals surface area contributed by atoms with Gasteiger partial charge in [-0.15, -0.1) is 0 Å². The van der Waals surface area contributed by atoms with Crippen molar-refractivity contribution in [1.29, 1.82) is 0 Å². The van der Waals surface area contributed by atoms with Crippen LogP contribution in [-0.2, 0) is 25.4 Å². The Labute approximate surface area is 190 Å². The minimum Gasteiger partial charge on any atom is -0.464 e. The Morgan fingerprint density at radius 3 is 2.03 bits per heavy atom. The van der Waals surface area contributed by atoms with Gasteiger partial charge in [0.2, 0.25) is 0 Å². The van der Waals surface area contributed by atoms with Gasteiger partial charge in [-0.05, 0) is 65.7 Å². The fraction of sp³-hybridized carbons (Fsp3) is 0.625. The standard InChI is InChI=1S/C24H37NO7/c1-8-9-10-15-29-20(26)19(25-21(27)31-23(2,3)4)16-17-11-13-18(14-12-17)30-22(28)32-24(5,6)7/h11-14,19H,8-10,15-16H2,1-7H3,(H,25,27)/t19-/m1/s1. The van der Waals surface area contributed by atoms with Gasteiger partial charge in [-0.25, -0.2) is 14.4 Å².